The van der Waals surface area contributed by atoms with Gasteiger partial charge in [-0.15, -0.1) is 0 Å². The number of nitrogens with one attached hydrogen (secondary N) is 1. The minimum absolute atomic E-state index is 0.369. The van der Waals surface area contributed by atoms with Crippen molar-refractivity contribution in [1.29, 1.82) is 0 Å². The molecule has 3 heteroatoms. The van der Waals surface area contributed by atoms with Gasteiger partial charge in [-0.1, -0.05) is 30.7 Å². The van der Waals surface area contributed by atoms with Gasteiger partial charge < -0.3 is 10.4 Å². The second kappa shape index (κ2) is 6.89. The van der Waals surface area contributed by atoms with Crippen molar-refractivity contribution in [3.05, 3.63) is 34.3 Å². The summed E-state index contributed by atoms with van der Waals surface area (Å²) in [4.78, 5) is 0. The molecule has 0 fully saturated rings. The van der Waals surface area contributed by atoms with E-state index in [2.05, 4.69) is 12.2 Å². The Bertz CT molecular complexity index is 328. The number of aryl methyl sites for hydroxylation is 1. The zero-order chi connectivity index (χ0) is 12.0. The molecule has 0 saturated carbocycles. The average molecular weight is 242 g/mol. The normalized spacial score (nSPS) is 12.8. The van der Waals surface area contributed by atoms with E-state index in [4.69, 9.17) is 11.6 Å². The molecule has 0 aliphatic rings. The summed E-state index contributed by atoms with van der Waals surface area (Å²) in [6.45, 7) is 5.68. The molecule has 1 aromatic carbocycles. The Balaban J connectivity index is 2.46. The molecule has 0 radical (unpaired) electrons. The van der Waals surface area contributed by atoms with Crippen molar-refractivity contribution in [3.8, 4) is 0 Å². The van der Waals surface area contributed by atoms with E-state index in [1.54, 1.807) is 0 Å². The summed E-state index contributed by atoms with van der Waals surface area (Å²) < 4.78 is 0. The molecule has 0 bridgehead atoms. The van der Waals surface area contributed by atoms with Gasteiger partial charge in [-0.2, -0.15) is 0 Å². The fourth-order valence-corrected chi connectivity index (χ4v) is 1.90. The molecule has 0 aliphatic carbocycles. The maximum absolute atomic E-state index is 9.80. The van der Waals surface area contributed by atoms with Gasteiger partial charge in [-0.05, 0) is 37.1 Å². The van der Waals surface area contributed by atoms with Crippen molar-refractivity contribution in [2.24, 2.45) is 0 Å². The summed E-state index contributed by atoms with van der Waals surface area (Å²) in [5, 5.41) is 13.7. The second-order valence-corrected chi connectivity index (χ2v) is 4.56. The van der Waals surface area contributed by atoms with Gasteiger partial charge in [0.05, 0.1) is 6.10 Å². The minimum Gasteiger partial charge on any atom is -0.391 e. The largest absolute Gasteiger partial charge is 0.391 e. The fourth-order valence-electron chi connectivity index (χ4n) is 1.59. The molecule has 0 aliphatic heterocycles. The number of hydrogen-bond acceptors (Lipinski definition) is 2. The van der Waals surface area contributed by atoms with E-state index in [1.807, 2.05) is 25.1 Å². The van der Waals surface area contributed by atoms with Crippen LogP contribution in [0.15, 0.2) is 18.2 Å². The van der Waals surface area contributed by atoms with Crippen molar-refractivity contribution in [2.45, 2.75) is 32.8 Å². The molecule has 0 heterocycles. The number of rotatable bonds is 6. The van der Waals surface area contributed by atoms with E-state index >= 15 is 0 Å². The van der Waals surface area contributed by atoms with Crippen LogP contribution in [0.5, 0.6) is 0 Å². The van der Waals surface area contributed by atoms with Gasteiger partial charge in [-0.3, -0.25) is 0 Å². The molecule has 0 amide bonds. The first-order chi connectivity index (χ1) is 7.63. The van der Waals surface area contributed by atoms with Crippen LogP contribution in [-0.4, -0.2) is 24.3 Å². The zero-order valence-corrected chi connectivity index (χ0v) is 10.7. The first kappa shape index (κ1) is 13.5. The lowest BCUT2D eigenvalue weighted by Gasteiger charge is -2.12. The zero-order valence-electron chi connectivity index (χ0n) is 9.96. The molecule has 16 heavy (non-hydrogen) atoms. The number of hydrogen-bond donors (Lipinski definition) is 2. The van der Waals surface area contributed by atoms with Crippen LogP contribution in [0, 0.1) is 6.92 Å². The average Bonchev–Trinajstić information content (AvgIpc) is 2.23. The molecule has 0 saturated heterocycles. The van der Waals surface area contributed by atoms with Crippen molar-refractivity contribution in [3.63, 3.8) is 0 Å². The SMILES string of the molecule is CCCNCC(O)Cc1ccc(C)cc1Cl. The predicted molar refractivity (Wildman–Crippen MR) is 69.1 cm³/mol. The lowest BCUT2D eigenvalue weighted by molar-refractivity contribution is 0.172. The summed E-state index contributed by atoms with van der Waals surface area (Å²) in [6, 6.07) is 5.94. The van der Waals surface area contributed by atoms with Gasteiger partial charge in [0, 0.05) is 18.0 Å². The standard InChI is InChI=1S/C13H20ClNO/c1-3-6-15-9-12(16)8-11-5-4-10(2)7-13(11)14/h4-5,7,12,15-16H,3,6,8-9H2,1-2H3. The third-order valence-corrected chi connectivity index (χ3v) is 2.82. The quantitative estimate of drug-likeness (QED) is 0.751. The highest BCUT2D eigenvalue weighted by Crippen LogP contribution is 2.18. The summed E-state index contributed by atoms with van der Waals surface area (Å²) in [5.74, 6) is 0. The highest BCUT2D eigenvalue weighted by atomic mass is 35.5. The summed E-state index contributed by atoms with van der Waals surface area (Å²) in [5.41, 5.74) is 2.16. The molecule has 90 valence electrons. The van der Waals surface area contributed by atoms with E-state index < -0.39 is 0 Å². The van der Waals surface area contributed by atoms with Crippen LogP contribution in [0.25, 0.3) is 0 Å². The number of aliphatic hydroxyl groups excluding tert-OH is 1. The van der Waals surface area contributed by atoms with Crippen LogP contribution in [0.4, 0.5) is 0 Å². The van der Waals surface area contributed by atoms with Crippen molar-refractivity contribution < 1.29 is 5.11 Å². The Morgan fingerprint density at radius 2 is 2.19 bits per heavy atom. The smallest absolute Gasteiger partial charge is 0.0705 e. The van der Waals surface area contributed by atoms with Crippen LogP contribution >= 0.6 is 11.6 Å². The highest BCUT2D eigenvalue weighted by molar-refractivity contribution is 6.31. The van der Waals surface area contributed by atoms with E-state index in [0.717, 1.165) is 29.1 Å². The van der Waals surface area contributed by atoms with Crippen molar-refractivity contribution in [2.75, 3.05) is 13.1 Å². The van der Waals surface area contributed by atoms with Crippen LogP contribution in [0.2, 0.25) is 5.02 Å². The molecule has 0 aromatic heterocycles. The van der Waals surface area contributed by atoms with Gasteiger partial charge in [-0.25, -0.2) is 0 Å². The summed E-state index contributed by atoms with van der Waals surface area (Å²) in [7, 11) is 0. The topological polar surface area (TPSA) is 32.3 Å². The van der Waals surface area contributed by atoms with E-state index in [0.29, 0.717) is 13.0 Å². The Labute approximate surface area is 103 Å². The van der Waals surface area contributed by atoms with Crippen LogP contribution in [0.3, 0.4) is 0 Å². The molecule has 1 aromatic rings. The Morgan fingerprint density at radius 1 is 1.44 bits per heavy atom. The Kier molecular flexibility index (Phi) is 5.81. The number of aliphatic hydroxyl groups is 1. The lowest BCUT2D eigenvalue weighted by atomic mass is 10.1. The molecule has 2 nitrogen and oxygen atoms in total. The molecule has 1 rings (SSSR count). The van der Waals surface area contributed by atoms with Crippen LogP contribution < -0.4 is 5.32 Å². The first-order valence-electron chi connectivity index (χ1n) is 5.77. The van der Waals surface area contributed by atoms with E-state index in [9.17, 15) is 5.11 Å². The highest BCUT2D eigenvalue weighted by Gasteiger charge is 2.07. The maximum atomic E-state index is 9.80. The number of benzene rings is 1. The third kappa shape index (κ3) is 4.52. The molecule has 0 spiro atoms. The van der Waals surface area contributed by atoms with Crippen LogP contribution in [-0.2, 0) is 6.42 Å². The second-order valence-electron chi connectivity index (χ2n) is 4.16. The first-order valence-corrected chi connectivity index (χ1v) is 6.15. The van der Waals surface area contributed by atoms with Crippen molar-refractivity contribution in [1.82, 2.24) is 5.32 Å². The molecule has 2 N–H and O–H groups in total. The monoisotopic (exact) mass is 241 g/mol. The van der Waals surface area contributed by atoms with Gasteiger partial charge in [0.25, 0.3) is 0 Å². The van der Waals surface area contributed by atoms with E-state index in [-0.39, 0.29) is 6.10 Å². The molecule has 1 atom stereocenters. The fraction of sp³-hybridized carbons (Fsp3) is 0.538. The predicted octanol–water partition coefficient (Wildman–Crippen LogP) is 2.55. The summed E-state index contributed by atoms with van der Waals surface area (Å²) >= 11 is 6.10. The Morgan fingerprint density at radius 3 is 2.81 bits per heavy atom. The minimum atomic E-state index is -0.369. The molecular formula is C13H20ClNO. The Hall–Kier alpha value is -0.570. The maximum Gasteiger partial charge on any atom is 0.0705 e. The number of halogens is 1. The van der Waals surface area contributed by atoms with Crippen LogP contribution in [0.1, 0.15) is 24.5 Å². The molecular weight excluding hydrogens is 222 g/mol. The summed E-state index contributed by atoms with van der Waals surface area (Å²) in [6.07, 6.45) is 1.32. The lowest BCUT2D eigenvalue weighted by Crippen LogP contribution is -2.28. The third-order valence-electron chi connectivity index (χ3n) is 2.47. The van der Waals surface area contributed by atoms with Gasteiger partial charge in [0.1, 0.15) is 0 Å². The van der Waals surface area contributed by atoms with Gasteiger partial charge in [0.2, 0.25) is 0 Å². The molecule has 1 unspecified atom stereocenters. The van der Waals surface area contributed by atoms with Gasteiger partial charge >= 0.3 is 0 Å². The van der Waals surface area contributed by atoms with E-state index in [1.165, 1.54) is 0 Å². The van der Waals surface area contributed by atoms with Gasteiger partial charge in [0.15, 0.2) is 0 Å². The van der Waals surface area contributed by atoms with Crippen molar-refractivity contribution >= 4 is 11.6 Å².